The summed E-state index contributed by atoms with van der Waals surface area (Å²) >= 11 is 1.56. The highest BCUT2D eigenvalue weighted by Gasteiger charge is 2.25. The van der Waals surface area contributed by atoms with Gasteiger partial charge in [0.05, 0.1) is 0 Å². The lowest BCUT2D eigenvalue weighted by Crippen LogP contribution is -2.23. The largest absolute Gasteiger partial charge is 0.309 e. The maximum Gasteiger partial charge on any atom is 0.283 e. The molecular weight excluding hydrogens is 294 g/mol. The second kappa shape index (κ2) is 7.11. The zero-order chi connectivity index (χ0) is 15.4. The van der Waals surface area contributed by atoms with Crippen molar-refractivity contribution in [1.82, 2.24) is 14.5 Å². The minimum atomic E-state index is 0.0701. The van der Waals surface area contributed by atoms with E-state index in [2.05, 4.69) is 41.2 Å². The van der Waals surface area contributed by atoms with E-state index in [4.69, 9.17) is 0 Å². The Morgan fingerprint density at radius 3 is 2.82 bits per heavy atom. The Morgan fingerprint density at radius 2 is 2.09 bits per heavy atom. The van der Waals surface area contributed by atoms with Crippen molar-refractivity contribution in [2.24, 2.45) is 0 Å². The molecule has 0 radical (unpaired) electrons. The monoisotopic (exact) mass is 315 g/mol. The van der Waals surface area contributed by atoms with Crippen molar-refractivity contribution in [2.45, 2.75) is 30.5 Å². The fourth-order valence-corrected chi connectivity index (χ4v) is 3.38. The van der Waals surface area contributed by atoms with E-state index in [0.29, 0.717) is 11.1 Å². The normalized spacial score (nSPS) is 14.5. The van der Waals surface area contributed by atoms with E-state index >= 15 is 0 Å². The van der Waals surface area contributed by atoms with Crippen LogP contribution in [0.5, 0.6) is 0 Å². The smallest absolute Gasteiger partial charge is 0.283 e. The first-order valence-corrected chi connectivity index (χ1v) is 8.65. The van der Waals surface area contributed by atoms with Gasteiger partial charge in [-0.15, -0.1) is 0 Å². The third-order valence-corrected chi connectivity index (χ3v) is 4.72. The summed E-state index contributed by atoms with van der Waals surface area (Å²) in [5.74, 6) is 0.875. The minimum absolute atomic E-state index is 0.0701. The van der Waals surface area contributed by atoms with Gasteiger partial charge in [-0.05, 0) is 25.5 Å². The van der Waals surface area contributed by atoms with Crippen molar-refractivity contribution in [3.8, 4) is 0 Å². The number of nitrogens with zero attached hydrogens (tertiary/aromatic N) is 3. The molecule has 0 spiro atoms. The number of thioether (sulfide) groups is 1. The first-order valence-electron chi connectivity index (χ1n) is 7.66. The van der Waals surface area contributed by atoms with Crippen LogP contribution in [0.3, 0.4) is 0 Å². The standard InChI is InChI=1S/C17H21N3OS/c1-19(13-14-5-3-2-4-6-14)11-12-22-16-17(21)20(10-9-18-16)15-7-8-15/h2-6,9-10,15H,7-8,11-13H2,1H3. The third kappa shape index (κ3) is 3.99. The molecule has 22 heavy (non-hydrogen) atoms. The maximum atomic E-state index is 12.3. The molecule has 1 aliphatic rings. The SMILES string of the molecule is CN(CCSc1nccn(C2CC2)c1=O)Cc1ccccc1. The van der Waals surface area contributed by atoms with Gasteiger partial charge in [-0.25, -0.2) is 4.98 Å². The van der Waals surface area contributed by atoms with Crippen LogP contribution >= 0.6 is 11.8 Å². The molecule has 2 aromatic rings. The lowest BCUT2D eigenvalue weighted by molar-refractivity contribution is 0.348. The van der Waals surface area contributed by atoms with Crippen LogP contribution in [0.2, 0.25) is 0 Å². The lowest BCUT2D eigenvalue weighted by Gasteiger charge is -2.16. The fraction of sp³-hybridized carbons (Fsp3) is 0.412. The van der Waals surface area contributed by atoms with E-state index in [0.717, 1.165) is 31.7 Å². The van der Waals surface area contributed by atoms with Crippen LogP contribution in [-0.4, -0.2) is 33.8 Å². The topological polar surface area (TPSA) is 38.1 Å². The number of hydrogen-bond donors (Lipinski definition) is 0. The van der Waals surface area contributed by atoms with Crippen LogP contribution in [0.15, 0.2) is 52.5 Å². The first-order chi connectivity index (χ1) is 10.7. The quantitative estimate of drug-likeness (QED) is 0.737. The molecule has 0 unspecified atom stereocenters. The Bertz CT molecular complexity index is 667. The Morgan fingerprint density at radius 1 is 1.32 bits per heavy atom. The van der Waals surface area contributed by atoms with Gasteiger partial charge < -0.3 is 9.47 Å². The van der Waals surface area contributed by atoms with Crippen molar-refractivity contribution in [1.29, 1.82) is 0 Å². The lowest BCUT2D eigenvalue weighted by atomic mass is 10.2. The van der Waals surface area contributed by atoms with Crippen molar-refractivity contribution in [3.63, 3.8) is 0 Å². The second-order valence-electron chi connectivity index (χ2n) is 5.75. The second-order valence-corrected chi connectivity index (χ2v) is 6.83. The zero-order valence-corrected chi connectivity index (χ0v) is 13.6. The molecule has 0 aliphatic heterocycles. The van der Waals surface area contributed by atoms with Gasteiger partial charge >= 0.3 is 0 Å². The number of benzene rings is 1. The van der Waals surface area contributed by atoms with Gasteiger partial charge in [0.1, 0.15) is 0 Å². The molecule has 4 nitrogen and oxygen atoms in total. The molecule has 116 valence electrons. The Hall–Kier alpha value is -1.59. The van der Waals surface area contributed by atoms with Gasteiger partial charge in [-0.1, -0.05) is 42.1 Å². The molecule has 1 aromatic heterocycles. The zero-order valence-electron chi connectivity index (χ0n) is 12.8. The highest BCUT2D eigenvalue weighted by molar-refractivity contribution is 7.99. The van der Waals surface area contributed by atoms with Gasteiger partial charge in [0.15, 0.2) is 5.03 Å². The predicted octanol–water partition coefficient (Wildman–Crippen LogP) is 2.80. The van der Waals surface area contributed by atoms with Crippen molar-refractivity contribution < 1.29 is 0 Å². The van der Waals surface area contributed by atoms with Crippen LogP contribution in [-0.2, 0) is 6.54 Å². The van der Waals surface area contributed by atoms with Crippen LogP contribution < -0.4 is 5.56 Å². The van der Waals surface area contributed by atoms with Crippen LogP contribution in [0, 0.1) is 0 Å². The molecule has 1 aromatic carbocycles. The molecule has 1 saturated carbocycles. The third-order valence-electron chi connectivity index (χ3n) is 3.78. The summed E-state index contributed by atoms with van der Waals surface area (Å²) in [6.07, 6.45) is 5.79. The minimum Gasteiger partial charge on any atom is -0.309 e. The number of hydrogen-bond acceptors (Lipinski definition) is 4. The molecule has 3 rings (SSSR count). The Labute approximate surface area is 135 Å². The van der Waals surface area contributed by atoms with Gasteiger partial charge in [-0.3, -0.25) is 4.79 Å². The molecule has 0 atom stereocenters. The Kier molecular flexibility index (Phi) is 4.95. The van der Waals surface area contributed by atoms with Crippen molar-refractivity contribution in [3.05, 3.63) is 58.6 Å². The summed E-state index contributed by atoms with van der Waals surface area (Å²) in [4.78, 5) is 18.8. The molecule has 0 amide bonds. The molecule has 0 N–H and O–H groups in total. The van der Waals surface area contributed by atoms with E-state index in [9.17, 15) is 4.79 Å². The van der Waals surface area contributed by atoms with Crippen LogP contribution in [0.4, 0.5) is 0 Å². The van der Waals surface area contributed by atoms with E-state index in [1.165, 1.54) is 5.56 Å². The highest BCUT2D eigenvalue weighted by Crippen LogP contribution is 2.33. The number of aromatic nitrogens is 2. The van der Waals surface area contributed by atoms with Crippen molar-refractivity contribution in [2.75, 3.05) is 19.3 Å². The van der Waals surface area contributed by atoms with E-state index in [-0.39, 0.29) is 5.56 Å². The molecule has 1 fully saturated rings. The Balaban J connectivity index is 1.51. The van der Waals surface area contributed by atoms with Crippen LogP contribution in [0.25, 0.3) is 0 Å². The maximum absolute atomic E-state index is 12.3. The molecule has 1 heterocycles. The molecule has 0 saturated heterocycles. The molecule has 0 bridgehead atoms. The molecule has 5 heteroatoms. The van der Waals surface area contributed by atoms with Gasteiger partial charge in [0.2, 0.25) is 0 Å². The fourth-order valence-electron chi connectivity index (χ4n) is 2.42. The van der Waals surface area contributed by atoms with Crippen LogP contribution in [0.1, 0.15) is 24.4 Å². The summed E-state index contributed by atoms with van der Waals surface area (Å²) in [5.41, 5.74) is 1.38. The highest BCUT2D eigenvalue weighted by atomic mass is 32.2. The van der Waals surface area contributed by atoms with Gasteiger partial charge in [-0.2, -0.15) is 0 Å². The summed E-state index contributed by atoms with van der Waals surface area (Å²) < 4.78 is 1.84. The van der Waals surface area contributed by atoms with Gasteiger partial charge in [0.25, 0.3) is 5.56 Å². The van der Waals surface area contributed by atoms with E-state index < -0.39 is 0 Å². The summed E-state index contributed by atoms with van der Waals surface area (Å²) in [7, 11) is 2.11. The predicted molar refractivity (Wildman–Crippen MR) is 90.3 cm³/mol. The van der Waals surface area contributed by atoms with Crippen molar-refractivity contribution >= 4 is 11.8 Å². The number of rotatable bonds is 7. The molecular formula is C17H21N3OS. The first kappa shape index (κ1) is 15.3. The summed E-state index contributed by atoms with van der Waals surface area (Å²) in [6, 6.07) is 10.8. The summed E-state index contributed by atoms with van der Waals surface area (Å²) in [6.45, 7) is 1.86. The molecule has 1 aliphatic carbocycles. The van der Waals surface area contributed by atoms with E-state index in [1.807, 2.05) is 16.8 Å². The average molecular weight is 315 g/mol. The average Bonchev–Trinajstić information content (AvgIpc) is 3.35. The summed E-state index contributed by atoms with van der Waals surface area (Å²) in [5, 5.41) is 0.627. The van der Waals surface area contributed by atoms with E-state index in [1.54, 1.807) is 18.0 Å². The van der Waals surface area contributed by atoms with Gasteiger partial charge in [0, 0.05) is 37.3 Å².